The fraction of sp³-hybridized carbons (Fsp3) is 0.600. The topological polar surface area (TPSA) is 38.5 Å². The van der Waals surface area contributed by atoms with Gasteiger partial charge in [0, 0.05) is 24.7 Å². The fourth-order valence-electron chi connectivity index (χ4n) is 2.98. The minimum absolute atomic E-state index is 0.328. The number of methoxy groups -OCH3 is 1. The predicted molar refractivity (Wildman–Crippen MR) is 76.2 cm³/mol. The molecule has 0 aromatic heterocycles. The quantitative estimate of drug-likeness (QED) is 0.870. The average molecular weight is 248 g/mol. The van der Waals surface area contributed by atoms with Gasteiger partial charge >= 0.3 is 0 Å². The lowest BCUT2D eigenvalue weighted by molar-refractivity contribution is 0.316. The van der Waals surface area contributed by atoms with Crippen molar-refractivity contribution in [3.63, 3.8) is 0 Å². The number of nitrogens with two attached hydrogens (primary N) is 1. The van der Waals surface area contributed by atoms with Crippen LogP contribution in [0.2, 0.25) is 0 Å². The van der Waals surface area contributed by atoms with E-state index < -0.39 is 0 Å². The molecule has 1 fully saturated rings. The van der Waals surface area contributed by atoms with Crippen LogP contribution in [0.3, 0.4) is 0 Å². The van der Waals surface area contributed by atoms with Gasteiger partial charge in [-0.3, -0.25) is 0 Å². The Morgan fingerprint density at radius 2 is 1.83 bits per heavy atom. The number of rotatable bonds is 5. The third-order valence-electron chi connectivity index (χ3n) is 4.18. The van der Waals surface area contributed by atoms with Gasteiger partial charge in [0.25, 0.3) is 0 Å². The third-order valence-corrected chi connectivity index (χ3v) is 4.18. The van der Waals surface area contributed by atoms with Crippen LogP contribution in [0.15, 0.2) is 24.3 Å². The molecule has 0 unspecified atom stereocenters. The van der Waals surface area contributed by atoms with Crippen LogP contribution in [0.5, 0.6) is 5.75 Å². The molecule has 0 atom stereocenters. The van der Waals surface area contributed by atoms with E-state index in [1.807, 2.05) is 12.1 Å². The predicted octanol–water partition coefficient (Wildman–Crippen LogP) is 2.65. The Morgan fingerprint density at radius 1 is 1.22 bits per heavy atom. The van der Waals surface area contributed by atoms with Crippen molar-refractivity contribution in [3.05, 3.63) is 24.3 Å². The molecular formula is C15H24N2O. The van der Waals surface area contributed by atoms with Gasteiger partial charge in [-0.1, -0.05) is 12.8 Å². The van der Waals surface area contributed by atoms with Gasteiger partial charge in [0.2, 0.25) is 0 Å². The summed E-state index contributed by atoms with van der Waals surface area (Å²) < 4.78 is 5.18. The van der Waals surface area contributed by atoms with Crippen LogP contribution in [0, 0.1) is 5.41 Å². The summed E-state index contributed by atoms with van der Waals surface area (Å²) in [5.41, 5.74) is 7.55. The van der Waals surface area contributed by atoms with Crippen LogP contribution in [-0.4, -0.2) is 27.2 Å². The van der Waals surface area contributed by atoms with Crippen LogP contribution in [0.1, 0.15) is 25.7 Å². The molecule has 2 N–H and O–H groups in total. The van der Waals surface area contributed by atoms with Crippen molar-refractivity contribution in [3.8, 4) is 5.75 Å². The molecule has 1 aromatic rings. The standard InChI is InChI=1S/C15H24N2O/c1-17(12-15(11-16)9-3-4-10-15)13-5-7-14(18-2)8-6-13/h5-8H,3-4,9-12,16H2,1-2H3. The van der Waals surface area contributed by atoms with E-state index in [0.717, 1.165) is 18.8 Å². The summed E-state index contributed by atoms with van der Waals surface area (Å²) >= 11 is 0. The van der Waals surface area contributed by atoms with Crippen molar-refractivity contribution in [1.82, 2.24) is 0 Å². The molecule has 0 heterocycles. The Hall–Kier alpha value is -1.22. The van der Waals surface area contributed by atoms with Gasteiger partial charge in [0.15, 0.2) is 0 Å². The lowest BCUT2D eigenvalue weighted by atomic mass is 9.85. The smallest absolute Gasteiger partial charge is 0.119 e. The SMILES string of the molecule is COc1ccc(N(C)CC2(CN)CCCC2)cc1. The van der Waals surface area contributed by atoms with Gasteiger partial charge in [-0.15, -0.1) is 0 Å². The molecular weight excluding hydrogens is 224 g/mol. The van der Waals surface area contributed by atoms with Gasteiger partial charge in [0.05, 0.1) is 7.11 Å². The zero-order valence-corrected chi connectivity index (χ0v) is 11.5. The minimum Gasteiger partial charge on any atom is -0.497 e. The average Bonchev–Trinajstić information content (AvgIpc) is 2.88. The first kappa shape index (κ1) is 13.2. The maximum Gasteiger partial charge on any atom is 0.119 e. The third kappa shape index (κ3) is 2.78. The highest BCUT2D eigenvalue weighted by Gasteiger charge is 2.33. The van der Waals surface area contributed by atoms with Crippen molar-refractivity contribution in [1.29, 1.82) is 0 Å². The van der Waals surface area contributed by atoms with E-state index in [0.29, 0.717) is 5.41 Å². The highest BCUT2D eigenvalue weighted by Crippen LogP contribution is 2.38. The summed E-state index contributed by atoms with van der Waals surface area (Å²) in [6.45, 7) is 1.85. The lowest BCUT2D eigenvalue weighted by Crippen LogP contribution is -2.39. The van der Waals surface area contributed by atoms with E-state index in [1.54, 1.807) is 7.11 Å². The molecule has 18 heavy (non-hydrogen) atoms. The van der Waals surface area contributed by atoms with Crippen LogP contribution < -0.4 is 15.4 Å². The van der Waals surface area contributed by atoms with Crippen molar-refractivity contribution >= 4 is 5.69 Å². The minimum atomic E-state index is 0.328. The van der Waals surface area contributed by atoms with Crippen LogP contribution in [0.4, 0.5) is 5.69 Å². The maximum atomic E-state index is 5.99. The molecule has 0 amide bonds. The summed E-state index contributed by atoms with van der Waals surface area (Å²) in [6, 6.07) is 8.24. The Morgan fingerprint density at radius 3 is 2.33 bits per heavy atom. The Labute approximate surface area is 110 Å². The van der Waals surface area contributed by atoms with Crippen molar-refractivity contribution in [2.45, 2.75) is 25.7 Å². The van der Waals surface area contributed by atoms with E-state index in [1.165, 1.54) is 31.4 Å². The van der Waals surface area contributed by atoms with Gasteiger partial charge < -0.3 is 15.4 Å². The molecule has 1 aliphatic rings. The normalized spacial score (nSPS) is 17.7. The Bertz CT molecular complexity index is 369. The second-order valence-corrected chi connectivity index (χ2v) is 5.47. The van der Waals surface area contributed by atoms with Gasteiger partial charge in [0.1, 0.15) is 5.75 Å². The van der Waals surface area contributed by atoms with E-state index in [2.05, 4.69) is 24.1 Å². The largest absolute Gasteiger partial charge is 0.497 e. The molecule has 2 rings (SSSR count). The van der Waals surface area contributed by atoms with E-state index in [9.17, 15) is 0 Å². The molecule has 3 heteroatoms. The molecule has 0 aliphatic heterocycles. The second-order valence-electron chi connectivity index (χ2n) is 5.47. The van der Waals surface area contributed by atoms with Crippen LogP contribution >= 0.6 is 0 Å². The number of hydrogen-bond donors (Lipinski definition) is 1. The Balaban J connectivity index is 2.03. The van der Waals surface area contributed by atoms with Crippen molar-refractivity contribution in [2.24, 2.45) is 11.1 Å². The molecule has 0 radical (unpaired) electrons. The van der Waals surface area contributed by atoms with Gasteiger partial charge in [-0.25, -0.2) is 0 Å². The summed E-state index contributed by atoms with van der Waals surface area (Å²) in [5, 5.41) is 0. The first-order valence-electron chi connectivity index (χ1n) is 6.74. The van der Waals surface area contributed by atoms with E-state index >= 15 is 0 Å². The Kier molecular flexibility index (Phi) is 4.12. The molecule has 1 aliphatic carbocycles. The fourth-order valence-corrected chi connectivity index (χ4v) is 2.98. The molecule has 0 saturated heterocycles. The van der Waals surface area contributed by atoms with E-state index in [-0.39, 0.29) is 0 Å². The number of hydrogen-bond acceptors (Lipinski definition) is 3. The highest BCUT2D eigenvalue weighted by atomic mass is 16.5. The van der Waals surface area contributed by atoms with Gasteiger partial charge in [-0.05, 0) is 43.7 Å². The summed E-state index contributed by atoms with van der Waals surface area (Å²) in [7, 11) is 3.85. The highest BCUT2D eigenvalue weighted by molar-refractivity contribution is 5.48. The zero-order chi connectivity index (χ0) is 13.0. The van der Waals surface area contributed by atoms with Crippen molar-refractivity contribution in [2.75, 3.05) is 32.1 Å². The number of nitrogens with zero attached hydrogens (tertiary/aromatic N) is 1. The second kappa shape index (κ2) is 5.61. The molecule has 1 aromatic carbocycles. The summed E-state index contributed by atoms with van der Waals surface area (Å²) in [4.78, 5) is 2.32. The van der Waals surface area contributed by atoms with Crippen LogP contribution in [-0.2, 0) is 0 Å². The number of benzene rings is 1. The van der Waals surface area contributed by atoms with Crippen LogP contribution in [0.25, 0.3) is 0 Å². The molecule has 0 spiro atoms. The lowest BCUT2D eigenvalue weighted by Gasteiger charge is -2.33. The molecule has 1 saturated carbocycles. The number of ether oxygens (including phenoxy) is 1. The monoisotopic (exact) mass is 248 g/mol. The zero-order valence-electron chi connectivity index (χ0n) is 11.5. The molecule has 0 bridgehead atoms. The maximum absolute atomic E-state index is 5.99. The van der Waals surface area contributed by atoms with Gasteiger partial charge in [-0.2, -0.15) is 0 Å². The van der Waals surface area contributed by atoms with E-state index in [4.69, 9.17) is 10.5 Å². The first-order chi connectivity index (χ1) is 8.69. The molecule has 100 valence electrons. The molecule has 3 nitrogen and oxygen atoms in total. The number of anilines is 1. The summed E-state index contributed by atoms with van der Waals surface area (Å²) in [6.07, 6.45) is 5.19. The first-order valence-corrected chi connectivity index (χ1v) is 6.74. The van der Waals surface area contributed by atoms with Crippen molar-refractivity contribution < 1.29 is 4.74 Å². The summed E-state index contributed by atoms with van der Waals surface area (Å²) in [5.74, 6) is 0.904.